The molecule has 0 saturated heterocycles. The molecule has 0 spiro atoms. The van der Waals surface area contributed by atoms with Crippen molar-refractivity contribution in [3.63, 3.8) is 0 Å². The molecule has 0 heterocycles. The molecule has 1 unspecified atom stereocenters. The Hall–Kier alpha value is -1.81. The van der Waals surface area contributed by atoms with Crippen LogP contribution < -0.4 is 5.32 Å². The summed E-state index contributed by atoms with van der Waals surface area (Å²) in [5, 5.41) is 3.08. The fourth-order valence-corrected chi connectivity index (χ4v) is 2.49. The van der Waals surface area contributed by atoms with E-state index in [1.807, 2.05) is 39.0 Å². The molecule has 112 valence electrons. The molecule has 0 aromatic heterocycles. The highest BCUT2D eigenvalue weighted by Gasteiger charge is 2.23. The predicted octanol–water partition coefficient (Wildman–Crippen LogP) is 4.42. The first kappa shape index (κ1) is 15.6. The Morgan fingerprint density at radius 1 is 1.05 bits per heavy atom. The minimum Gasteiger partial charge on any atom is -0.306 e. The maximum Gasteiger partial charge on any atom is 0.134 e. The van der Waals surface area contributed by atoms with Crippen molar-refractivity contribution in [1.29, 1.82) is 0 Å². The molecule has 2 aromatic rings. The molecule has 0 aliphatic carbocycles. The summed E-state index contributed by atoms with van der Waals surface area (Å²) in [4.78, 5) is 0. The highest BCUT2D eigenvalue weighted by molar-refractivity contribution is 5.41. The fraction of sp³-hybridized carbons (Fsp3) is 0.294. The van der Waals surface area contributed by atoms with Crippen LogP contribution in [0, 0.1) is 31.3 Å². The molecular weight excluding hydrogens is 275 g/mol. The Kier molecular flexibility index (Phi) is 4.68. The normalized spacial score (nSPS) is 12.5. The summed E-state index contributed by atoms with van der Waals surface area (Å²) in [5.41, 5.74) is 2.65. The van der Waals surface area contributed by atoms with Gasteiger partial charge < -0.3 is 5.32 Å². The van der Waals surface area contributed by atoms with Gasteiger partial charge in [-0.25, -0.2) is 13.2 Å². The van der Waals surface area contributed by atoms with Gasteiger partial charge >= 0.3 is 0 Å². The van der Waals surface area contributed by atoms with E-state index in [1.165, 1.54) is 0 Å². The van der Waals surface area contributed by atoms with Gasteiger partial charge in [0.2, 0.25) is 0 Å². The van der Waals surface area contributed by atoms with Gasteiger partial charge in [0.15, 0.2) is 0 Å². The smallest absolute Gasteiger partial charge is 0.134 e. The second kappa shape index (κ2) is 6.31. The SMILES string of the molecule is CCNC(c1cccc(C)c1C)c1c(F)cc(F)cc1F. The third-order valence-electron chi connectivity index (χ3n) is 3.70. The second-order valence-corrected chi connectivity index (χ2v) is 5.06. The van der Waals surface area contributed by atoms with Crippen molar-refractivity contribution >= 4 is 0 Å². The Labute approximate surface area is 122 Å². The average molecular weight is 293 g/mol. The van der Waals surface area contributed by atoms with Crippen molar-refractivity contribution in [3.05, 3.63) is 70.0 Å². The van der Waals surface area contributed by atoms with Gasteiger partial charge in [-0.05, 0) is 37.1 Å². The summed E-state index contributed by atoms with van der Waals surface area (Å²) < 4.78 is 41.3. The van der Waals surface area contributed by atoms with Crippen LogP contribution in [0.4, 0.5) is 13.2 Å². The van der Waals surface area contributed by atoms with Gasteiger partial charge in [0.05, 0.1) is 6.04 Å². The van der Waals surface area contributed by atoms with Crippen LogP contribution in [0.1, 0.15) is 35.2 Å². The standard InChI is InChI=1S/C17H18F3N/c1-4-21-17(13-7-5-6-10(2)11(13)3)16-14(19)8-12(18)9-15(16)20/h5-9,17,21H,4H2,1-3H3. The summed E-state index contributed by atoms with van der Waals surface area (Å²) in [5.74, 6) is -2.66. The number of benzene rings is 2. The molecule has 0 fully saturated rings. The number of rotatable bonds is 4. The fourth-order valence-electron chi connectivity index (χ4n) is 2.49. The van der Waals surface area contributed by atoms with E-state index in [1.54, 1.807) is 0 Å². The van der Waals surface area contributed by atoms with Crippen LogP contribution in [0.25, 0.3) is 0 Å². The van der Waals surface area contributed by atoms with Crippen molar-refractivity contribution < 1.29 is 13.2 Å². The zero-order chi connectivity index (χ0) is 15.6. The summed E-state index contributed by atoms with van der Waals surface area (Å²) in [6.07, 6.45) is 0. The number of nitrogens with one attached hydrogen (secondary N) is 1. The van der Waals surface area contributed by atoms with E-state index in [0.29, 0.717) is 18.7 Å². The molecular formula is C17H18F3N. The summed E-state index contributed by atoms with van der Waals surface area (Å²) >= 11 is 0. The first-order chi connectivity index (χ1) is 9.95. The maximum atomic E-state index is 14.1. The third kappa shape index (κ3) is 3.10. The molecule has 0 saturated carbocycles. The van der Waals surface area contributed by atoms with Crippen LogP contribution >= 0.6 is 0 Å². The molecule has 2 rings (SSSR count). The monoisotopic (exact) mass is 293 g/mol. The van der Waals surface area contributed by atoms with Crippen LogP contribution in [0.15, 0.2) is 30.3 Å². The lowest BCUT2D eigenvalue weighted by Crippen LogP contribution is -2.25. The lowest BCUT2D eigenvalue weighted by molar-refractivity contribution is 0.491. The molecule has 4 heteroatoms. The highest BCUT2D eigenvalue weighted by atomic mass is 19.1. The quantitative estimate of drug-likeness (QED) is 0.880. The second-order valence-electron chi connectivity index (χ2n) is 5.06. The van der Waals surface area contributed by atoms with E-state index >= 15 is 0 Å². The van der Waals surface area contributed by atoms with Gasteiger partial charge in [-0.3, -0.25) is 0 Å². The first-order valence-corrected chi connectivity index (χ1v) is 6.89. The Morgan fingerprint density at radius 2 is 1.67 bits per heavy atom. The van der Waals surface area contributed by atoms with E-state index in [9.17, 15) is 13.2 Å². The maximum absolute atomic E-state index is 14.1. The van der Waals surface area contributed by atoms with Crippen molar-refractivity contribution in [2.45, 2.75) is 26.8 Å². The Morgan fingerprint density at radius 3 is 2.24 bits per heavy atom. The molecule has 0 radical (unpaired) electrons. The van der Waals surface area contributed by atoms with Gasteiger partial charge in [-0.1, -0.05) is 25.1 Å². The molecule has 21 heavy (non-hydrogen) atoms. The van der Waals surface area contributed by atoms with E-state index in [2.05, 4.69) is 5.32 Å². The lowest BCUT2D eigenvalue weighted by Gasteiger charge is -2.23. The topological polar surface area (TPSA) is 12.0 Å². The third-order valence-corrected chi connectivity index (χ3v) is 3.70. The zero-order valence-corrected chi connectivity index (χ0v) is 12.3. The minimum absolute atomic E-state index is 0.146. The number of hydrogen-bond donors (Lipinski definition) is 1. The van der Waals surface area contributed by atoms with Crippen LogP contribution in [0.5, 0.6) is 0 Å². The zero-order valence-electron chi connectivity index (χ0n) is 12.3. The van der Waals surface area contributed by atoms with E-state index in [0.717, 1.165) is 16.7 Å². The predicted molar refractivity (Wildman–Crippen MR) is 77.8 cm³/mol. The molecule has 1 nitrogen and oxygen atoms in total. The number of hydrogen-bond acceptors (Lipinski definition) is 1. The number of aryl methyl sites for hydroxylation is 1. The van der Waals surface area contributed by atoms with Gasteiger partial charge in [0, 0.05) is 17.7 Å². The largest absolute Gasteiger partial charge is 0.306 e. The van der Waals surface area contributed by atoms with Crippen molar-refractivity contribution in [1.82, 2.24) is 5.32 Å². The Bertz CT molecular complexity index is 629. The summed E-state index contributed by atoms with van der Waals surface area (Å²) in [7, 11) is 0. The van der Waals surface area contributed by atoms with E-state index in [-0.39, 0.29) is 5.56 Å². The van der Waals surface area contributed by atoms with Gasteiger partial charge in [-0.15, -0.1) is 0 Å². The van der Waals surface area contributed by atoms with Crippen LogP contribution in [-0.4, -0.2) is 6.54 Å². The van der Waals surface area contributed by atoms with Crippen LogP contribution in [0.3, 0.4) is 0 Å². The van der Waals surface area contributed by atoms with Crippen molar-refractivity contribution in [3.8, 4) is 0 Å². The molecule has 1 atom stereocenters. The Balaban J connectivity index is 2.62. The minimum atomic E-state index is -0.912. The molecule has 1 N–H and O–H groups in total. The van der Waals surface area contributed by atoms with E-state index in [4.69, 9.17) is 0 Å². The highest BCUT2D eigenvalue weighted by Crippen LogP contribution is 2.30. The van der Waals surface area contributed by atoms with E-state index < -0.39 is 23.5 Å². The first-order valence-electron chi connectivity index (χ1n) is 6.89. The summed E-state index contributed by atoms with van der Waals surface area (Å²) in [6.45, 7) is 6.25. The molecule has 0 amide bonds. The van der Waals surface area contributed by atoms with Gasteiger partial charge in [0.1, 0.15) is 17.5 Å². The molecule has 0 bridgehead atoms. The molecule has 0 aliphatic rings. The van der Waals surface area contributed by atoms with Gasteiger partial charge in [-0.2, -0.15) is 0 Å². The average Bonchev–Trinajstić information content (AvgIpc) is 2.40. The van der Waals surface area contributed by atoms with Crippen LogP contribution in [-0.2, 0) is 0 Å². The van der Waals surface area contributed by atoms with Gasteiger partial charge in [0.25, 0.3) is 0 Å². The van der Waals surface area contributed by atoms with Crippen molar-refractivity contribution in [2.75, 3.05) is 6.54 Å². The molecule has 0 aliphatic heterocycles. The van der Waals surface area contributed by atoms with Crippen LogP contribution in [0.2, 0.25) is 0 Å². The summed E-state index contributed by atoms with van der Waals surface area (Å²) in [6, 6.07) is 6.41. The lowest BCUT2D eigenvalue weighted by atomic mass is 9.92. The number of halogens is 3. The molecule has 2 aromatic carbocycles. The van der Waals surface area contributed by atoms with Crippen molar-refractivity contribution in [2.24, 2.45) is 0 Å².